The second-order valence-corrected chi connectivity index (χ2v) is 2.97. The van der Waals surface area contributed by atoms with Gasteiger partial charge in [-0.25, -0.2) is 0 Å². The Kier molecular flexibility index (Phi) is 7.89. The Balaban J connectivity index is 2.80. The number of nitrogens with two attached hydrogens (primary N) is 1. The second kappa shape index (κ2) is 7.98. The van der Waals surface area contributed by atoms with Crippen LogP contribution in [0, 0.1) is 0 Å². The normalized spacial score (nSPS) is 13.4. The van der Waals surface area contributed by atoms with Crippen molar-refractivity contribution in [2.24, 2.45) is 5.73 Å². The third-order valence-electron chi connectivity index (χ3n) is 1.48. The zero-order valence-corrected chi connectivity index (χ0v) is 7.34. The summed E-state index contributed by atoms with van der Waals surface area (Å²) in [5.74, 6) is 0. The van der Waals surface area contributed by atoms with Crippen LogP contribution >= 0.6 is 0 Å². The van der Waals surface area contributed by atoms with Gasteiger partial charge in [-0.1, -0.05) is 0 Å². The fraction of sp³-hybridized carbons (Fsp3) is 1.00. The molecule has 4 N–H and O–H groups in total. The van der Waals surface area contributed by atoms with Gasteiger partial charge in [0.25, 0.3) is 0 Å². The molecule has 0 bridgehead atoms. The predicted octanol–water partition coefficient (Wildman–Crippen LogP) is 0.0858. The maximum Gasteiger partial charge on any atom is 0.0431 e. The van der Waals surface area contributed by atoms with Gasteiger partial charge in [0.05, 0.1) is 0 Å². The van der Waals surface area contributed by atoms with Crippen molar-refractivity contribution in [2.45, 2.75) is 32.2 Å². The Hall–Kier alpha value is -0.120. The van der Waals surface area contributed by atoms with E-state index >= 15 is 0 Å². The van der Waals surface area contributed by atoms with Gasteiger partial charge in [-0.05, 0) is 32.7 Å². The lowest BCUT2D eigenvalue weighted by Crippen LogP contribution is -2.31. The van der Waals surface area contributed by atoms with Gasteiger partial charge in [0.1, 0.15) is 0 Å². The summed E-state index contributed by atoms with van der Waals surface area (Å²) in [6.07, 6.45) is 3.15. The van der Waals surface area contributed by atoms with E-state index in [-0.39, 0.29) is 6.04 Å². The molecule has 0 aliphatic carbocycles. The number of nitrogens with one attached hydrogen (secondary N) is 1. The fourth-order valence-electron chi connectivity index (χ4n) is 0.868. The summed E-state index contributed by atoms with van der Waals surface area (Å²) in [4.78, 5) is 0. The molecule has 0 spiro atoms. The number of rotatable bonds is 7. The summed E-state index contributed by atoms with van der Waals surface area (Å²) in [5, 5.41) is 11.7. The summed E-state index contributed by atoms with van der Waals surface area (Å²) in [5.41, 5.74) is 5.53. The molecule has 0 fully saturated rings. The Bertz CT molecular complexity index is 76.5. The Morgan fingerprint density at radius 3 is 2.64 bits per heavy atom. The molecule has 0 aromatic heterocycles. The summed E-state index contributed by atoms with van der Waals surface area (Å²) in [7, 11) is 0. The van der Waals surface area contributed by atoms with Crippen molar-refractivity contribution in [3.8, 4) is 0 Å². The number of hydrogen-bond acceptors (Lipinski definition) is 3. The number of aliphatic hydroxyl groups excluding tert-OH is 1. The third kappa shape index (κ3) is 9.88. The first-order valence-electron chi connectivity index (χ1n) is 4.34. The number of hydrogen-bond donors (Lipinski definition) is 3. The van der Waals surface area contributed by atoms with Crippen LogP contribution in [0.2, 0.25) is 0 Å². The average molecular weight is 160 g/mol. The largest absolute Gasteiger partial charge is 0.396 e. The fourth-order valence-corrected chi connectivity index (χ4v) is 0.868. The van der Waals surface area contributed by atoms with Gasteiger partial charge < -0.3 is 16.2 Å². The topological polar surface area (TPSA) is 58.3 Å². The summed E-state index contributed by atoms with van der Waals surface area (Å²) in [6.45, 7) is 4.20. The lowest BCUT2D eigenvalue weighted by Gasteiger charge is -2.06. The number of aliphatic hydroxyl groups is 1. The third-order valence-corrected chi connectivity index (χ3v) is 1.48. The molecular weight excluding hydrogens is 140 g/mol. The monoisotopic (exact) mass is 160 g/mol. The van der Waals surface area contributed by atoms with Crippen LogP contribution in [0.3, 0.4) is 0 Å². The minimum atomic E-state index is 0.243. The molecule has 0 heterocycles. The van der Waals surface area contributed by atoms with E-state index in [9.17, 15) is 0 Å². The van der Waals surface area contributed by atoms with Crippen LogP contribution in [0.5, 0.6) is 0 Å². The van der Waals surface area contributed by atoms with Crippen LogP contribution in [0.4, 0.5) is 0 Å². The van der Waals surface area contributed by atoms with E-state index in [2.05, 4.69) is 5.32 Å². The Morgan fingerprint density at radius 1 is 1.36 bits per heavy atom. The first-order valence-corrected chi connectivity index (χ1v) is 4.34. The molecule has 1 unspecified atom stereocenters. The molecule has 0 aromatic carbocycles. The number of unbranched alkanes of at least 4 members (excludes halogenated alkanes) is 2. The maximum atomic E-state index is 8.47. The molecule has 3 nitrogen and oxygen atoms in total. The van der Waals surface area contributed by atoms with Crippen LogP contribution in [0.25, 0.3) is 0 Å². The molecule has 0 aliphatic heterocycles. The smallest absolute Gasteiger partial charge is 0.0431 e. The highest BCUT2D eigenvalue weighted by Gasteiger charge is 1.91. The molecule has 68 valence electrons. The van der Waals surface area contributed by atoms with Crippen molar-refractivity contribution < 1.29 is 5.11 Å². The predicted molar refractivity (Wildman–Crippen MR) is 47.5 cm³/mol. The summed E-state index contributed by atoms with van der Waals surface area (Å²) >= 11 is 0. The highest BCUT2D eigenvalue weighted by molar-refractivity contribution is 4.56. The van der Waals surface area contributed by atoms with Crippen molar-refractivity contribution in [1.29, 1.82) is 0 Å². The summed E-state index contributed by atoms with van der Waals surface area (Å²) < 4.78 is 0. The molecule has 0 radical (unpaired) electrons. The van der Waals surface area contributed by atoms with Gasteiger partial charge in [0.15, 0.2) is 0 Å². The quantitative estimate of drug-likeness (QED) is 0.462. The van der Waals surface area contributed by atoms with Gasteiger partial charge in [0.2, 0.25) is 0 Å². The van der Waals surface area contributed by atoms with E-state index in [0.717, 1.165) is 32.4 Å². The second-order valence-electron chi connectivity index (χ2n) is 2.97. The SMILES string of the molecule is CC(N)CNCCCCCO. The van der Waals surface area contributed by atoms with Crippen molar-refractivity contribution >= 4 is 0 Å². The highest BCUT2D eigenvalue weighted by atomic mass is 16.2. The van der Waals surface area contributed by atoms with E-state index in [0.29, 0.717) is 6.61 Å². The standard InChI is InChI=1S/C8H20N2O/c1-8(9)7-10-5-3-2-4-6-11/h8,10-11H,2-7,9H2,1H3. The lowest BCUT2D eigenvalue weighted by atomic mass is 10.2. The maximum absolute atomic E-state index is 8.47. The first-order chi connectivity index (χ1) is 5.27. The minimum Gasteiger partial charge on any atom is -0.396 e. The van der Waals surface area contributed by atoms with E-state index in [4.69, 9.17) is 10.8 Å². The van der Waals surface area contributed by atoms with E-state index in [1.165, 1.54) is 0 Å². The molecule has 11 heavy (non-hydrogen) atoms. The Labute approximate surface area is 69.0 Å². The van der Waals surface area contributed by atoms with Gasteiger partial charge >= 0.3 is 0 Å². The van der Waals surface area contributed by atoms with E-state index < -0.39 is 0 Å². The molecule has 0 aromatic rings. The van der Waals surface area contributed by atoms with Crippen LogP contribution in [0.1, 0.15) is 26.2 Å². The molecule has 0 rings (SSSR count). The van der Waals surface area contributed by atoms with Crippen LogP contribution < -0.4 is 11.1 Å². The van der Waals surface area contributed by atoms with Gasteiger partial charge in [0, 0.05) is 19.2 Å². The molecule has 0 amide bonds. The molecule has 3 heteroatoms. The molecule has 0 saturated heterocycles. The Morgan fingerprint density at radius 2 is 2.09 bits per heavy atom. The van der Waals surface area contributed by atoms with Crippen LogP contribution in [-0.2, 0) is 0 Å². The lowest BCUT2D eigenvalue weighted by molar-refractivity contribution is 0.283. The highest BCUT2D eigenvalue weighted by Crippen LogP contribution is 1.91. The molecule has 0 aliphatic rings. The first kappa shape index (κ1) is 10.9. The molecule has 1 atom stereocenters. The van der Waals surface area contributed by atoms with Crippen molar-refractivity contribution in [3.05, 3.63) is 0 Å². The van der Waals surface area contributed by atoms with Gasteiger partial charge in [-0.15, -0.1) is 0 Å². The molecule has 0 saturated carbocycles. The average Bonchev–Trinajstić information content (AvgIpc) is 1.96. The van der Waals surface area contributed by atoms with Gasteiger partial charge in [-0.3, -0.25) is 0 Å². The van der Waals surface area contributed by atoms with Crippen molar-refractivity contribution in [1.82, 2.24) is 5.32 Å². The van der Waals surface area contributed by atoms with Crippen LogP contribution in [0.15, 0.2) is 0 Å². The van der Waals surface area contributed by atoms with E-state index in [1.54, 1.807) is 0 Å². The zero-order valence-electron chi connectivity index (χ0n) is 7.34. The van der Waals surface area contributed by atoms with Crippen LogP contribution in [-0.4, -0.2) is 30.8 Å². The minimum absolute atomic E-state index is 0.243. The van der Waals surface area contributed by atoms with Gasteiger partial charge in [-0.2, -0.15) is 0 Å². The van der Waals surface area contributed by atoms with Crippen molar-refractivity contribution in [3.63, 3.8) is 0 Å². The zero-order chi connectivity index (χ0) is 8.53. The summed E-state index contributed by atoms with van der Waals surface area (Å²) in [6, 6.07) is 0.243. The van der Waals surface area contributed by atoms with Crippen molar-refractivity contribution in [2.75, 3.05) is 19.7 Å². The molecular formula is C8H20N2O. The van der Waals surface area contributed by atoms with E-state index in [1.807, 2.05) is 6.92 Å².